The van der Waals surface area contributed by atoms with E-state index in [1.54, 1.807) is 47.4 Å². The molecule has 0 aliphatic carbocycles. The highest BCUT2D eigenvalue weighted by atomic mass is 32.2. The van der Waals surface area contributed by atoms with Crippen LogP contribution in [-0.2, 0) is 9.84 Å². The topological polar surface area (TPSA) is 102 Å². The average molecular weight is 425 g/mol. The van der Waals surface area contributed by atoms with Gasteiger partial charge in [0.25, 0.3) is 0 Å². The molecule has 0 radical (unpaired) electrons. The van der Waals surface area contributed by atoms with E-state index in [4.69, 9.17) is 0 Å². The lowest BCUT2D eigenvalue weighted by Gasteiger charge is -2.05. The molecule has 7 nitrogen and oxygen atoms in total. The normalized spacial score (nSPS) is 11.5. The van der Waals surface area contributed by atoms with Crippen molar-refractivity contribution in [3.8, 4) is 26.7 Å². The molecule has 1 aromatic carbocycles. The molecule has 4 rings (SSSR count). The van der Waals surface area contributed by atoms with Crippen molar-refractivity contribution in [2.45, 2.75) is 4.90 Å². The third-order valence-corrected chi connectivity index (χ3v) is 6.51. The molecule has 0 amide bonds. The Balaban J connectivity index is 1.80. The van der Waals surface area contributed by atoms with Crippen molar-refractivity contribution in [2.75, 3.05) is 6.26 Å². The van der Waals surface area contributed by atoms with Crippen molar-refractivity contribution >= 4 is 27.1 Å². The van der Waals surface area contributed by atoms with E-state index in [9.17, 15) is 18.3 Å². The zero-order chi connectivity index (χ0) is 20.6. The van der Waals surface area contributed by atoms with Gasteiger partial charge in [-0.1, -0.05) is 12.1 Å². The second-order valence-corrected chi connectivity index (χ2v) is 9.40. The molecular weight excluding hydrogens is 410 g/mol. The minimum absolute atomic E-state index is 0.0640. The van der Waals surface area contributed by atoms with Crippen LogP contribution in [0.2, 0.25) is 0 Å². The van der Waals surface area contributed by atoms with Gasteiger partial charge in [-0.25, -0.2) is 17.9 Å². The highest BCUT2D eigenvalue weighted by Gasteiger charge is 2.18. The van der Waals surface area contributed by atoms with E-state index < -0.39 is 15.8 Å². The summed E-state index contributed by atoms with van der Waals surface area (Å²) >= 11 is 1.43. The van der Waals surface area contributed by atoms with Crippen LogP contribution in [0.4, 0.5) is 0 Å². The highest BCUT2D eigenvalue weighted by molar-refractivity contribution is 7.90. The van der Waals surface area contributed by atoms with Gasteiger partial charge >= 0.3 is 5.97 Å². The molecule has 146 valence electrons. The summed E-state index contributed by atoms with van der Waals surface area (Å²) < 4.78 is 25.2. The predicted molar refractivity (Wildman–Crippen MR) is 110 cm³/mol. The molecule has 0 atom stereocenters. The Morgan fingerprint density at radius 1 is 1.03 bits per heavy atom. The Morgan fingerprint density at radius 2 is 1.76 bits per heavy atom. The van der Waals surface area contributed by atoms with Crippen LogP contribution in [0.15, 0.2) is 71.9 Å². The van der Waals surface area contributed by atoms with Crippen LogP contribution in [0.3, 0.4) is 0 Å². The van der Waals surface area contributed by atoms with Crippen LogP contribution in [0, 0.1) is 0 Å². The monoisotopic (exact) mass is 425 g/mol. The van der Waals surface area contributed by atoms with E-state index >= 15 is 0 Å². The summed E-state index contributed by atoms with van der Waals surface area (Å²) in [5, 5.41) is 13.6. The first kappa shape index (κ1) is 19.0. The molecule has 9 heteroatoms. The third-order valence-electron chi connectivity index (χ3n) is 4.24. The molecule has 3 heterocycles. The third kappa shape index (κ3) is 3.82. The first-order chi connectivity index (χ1) is 13.8. The maximum absolute atomic E-state index is 11.8. The van der Waals surface area contributed by atoms with Gasteiger partial charge in [0, 0.05) is 29.6 Å². The number of carboxylic acids is 1. The number of pyridine rings is 1. The maximum atomic E-state index is 11.8. The lowest BCUT2D eigenvalue weighted by molar-refractivity contribution is 0.0690. The summed E-state index contributed by atoms with van der Waals surface area (Å²) in [5.74, 6) is -1.11. The molecule has 0 spiro atoms. The number of carbonyl (C=O) groups is 1. The fourth-order valence-corrected chi connectivity index (χ4v) is 4.52. The van der Waals surface area contributed by atoms with Gasteiger partial charge in [0.1, 0.15) is 0 Å². The van der Waals surface area contributed by atoms with Crippen LogP contribution < -0.4 is 0 Å². The second kappa shape index (κ2) is 7.26. The highest BCUT2D eigenvalue weighted by Crippen LogP contribution is 2.36. The summed E-state index contributed by atoms with van der Waals surface area (Å²) in [6, 6.07) is 15.5. The van der Waals surface area contributed by atoms with Crippen molar-refractivity contribution in [1.82, 2.24) is 14.8 Å². The largest absolute Gasteiger partial charge is 0.476 e. The Labute approximate surface area is 170 Å². The Kier molecular flexibility index (Phi) is 4.77. The van der Waals surface area contributed by atoms with Crippen molar-refractivity contribution in [3.05, 3.63) is 72.7 Å². The summed E-state index contributed by atoms with van der Waals surface area (Å²) in [5.41, 5.74) is 2.03. The summed E-state index contributed by atoms with van der Waals surface area (Å²) in [4.78, 5) is 17.4. The smallest absolute Gasteiger partial charge is 0.356 e. The molecule has 0 aliphatic rings. The lowest BCUT2D eigenvalue weighted by atomic mass is 10.2. The fraction of sp³-hybridized carbons (Fsp3) is 0.0500. The lowest BCUT2D eigenvalue weighted by Crippen LogP contribution is -2.02. The van der Waals surface area contributed by atoms with Crippen molar-refractivity contribution in [1.29, 1.82) is 0 Å². The Morgan fingerprint density at radius 3 is 2.45 bits per heavy atom. The molecule has 1 N–H and O–H groups in total. The molecule has 29 heavy (non-hydrogen) atoms. The number of benzene rings is 1. The van der Waals surface area contributed by atoms with Crippen molar-refractivity contribution in [2.24, 2.45) is 0 Å². The van der Waals surface area contributed by atoms with Gasteiger partial charge in [-0.2, -0.15) is 5.10 Å². The number of aromatic carboxylic acids is 1. The zero-order valence-corrected chi connectivity index (χ0v) is 16.8. The van der Waals surface area contributed by atoms with E-state index in [1.807, 2.05) is 18.2 Å². The van der Waals surface area contributed by atoms with E-state index in [1.165, 1.54) is 23.7 Å². The van der Waals surface area contributed by atoms with Crippen LogP contribution in [0.5, 0.6) is 0 Å². The van der Waals surface area contributed by atoms with Gasteiger partial charge in [0.2, 0.25) is 0 Å². The number of carboxylic acid groups (broad SMARTS) is 1. The standard InChI is InChI=1S/C20H15N3O4S2/c1-29(26,27)15-4-2-3-13(11-15)18-5-6-19(28-18)17-12-16(20(24)25)22-23(17)14-7-9-21-10-8-14/h2-12H,1H3,(H,24,25). The number of sulfone groups is 1. The second-order valence-electron chi connectivity index (χ2n) is 6.30. The molecule has 0 bridgehead atoms. The molecule has 0 saturated heterocycles. The predicted octanol–water partition coefficient (Wildman–Crippen LogP) is 3.76. The van der Waals surface area contributed by atoms with Gasteiger partial charge < -0.3 is 5.11 Å². The number of thiophene rings is 1. The first-order valence-electron chi connectivity index (χ1n) is 8.47. The minimum atomic E-state index is -3.31. The van der Waals surface area contributed by atoms with Gasteiger partial charge in [-0.05, 0) is 42.0 Å². The van der Waals surface area contributed by atoms with Crippen LogP contribution in [0.25, 0.3) is 26.7 Å². The van der Waals surface area contributed by atoms with Gasteiger partial charge in [-0.3, -0.25) is 4.98 Å². The molecule has 0 fully saturated rings. The number of hydrogen-bond donors (Lipinski definition) is 1. The molecule has 0 aliphatic heterocycles. The van der Waals surface area contributed by atoms with Gasteiger partial charge in [0.05, 0.1) is 21.2 Å². The summed E-state index contributed by atoms with van der Waals surface area (Å²) in [7, 11) is -3.31. The van der Waals surface area contributed by atoms with E-state index in [0.29, 0.717) is 11.4 Å². The SMILES string of the molecule is CS(=O)(=O)c1cccc(-c2ccc(-c3cc(C(=O)O)nn3-c3ccncc3)s2)c1. The average Bonchev–Trinajstić information content (AvgIpc) is 3.35. The van der Waals surface area contributed by atoms with Crippen LogP contribution in [0.1, 0.15) is 10.5 Å². The van der Waals surface area contributed by atoms with Crippen LogP contribution >= 0.6 is 11.3 Å². The van der Waals surface area contributed by atoms with Crippen molar-refractivity contribution in [3.63, 3.8) is 0 Å². The quantitative estimate of drug-likeness (QED) is 0.522. The number of aromatic nitrogens is 3. The van der Waals surface area contributed by atoms with Crippen LogP contribution in [-0.4, -0.2) is 40.5 Å². The van der Waals surface area contributed by atoms with E-state index in [-0.39, 0.29) is 10.6 Å². The molecule has 0 unspecified atom stereocenters. The Hall–Kier alpha value is -3.30. The molecule has 4 aromatic rings. The number of nitrogens with zero attached hydrogens (tertiary/aromatic N) is 3. The van der Waals surface area contributed by atoms with Gasteiger partial charge in [-0.15, -0.1) is 11.3 Å². The zero-order valence-electron chi connectivity index (χ0n) is 15.2. The number of rotatable bonds is 5. The summed E-state index contributed by atoms with van der Waals surface area (Å²) in [6.45, 7) is 0. The number of hydrogen-bond acceptors (Lipinski definition) is 6. The maximum Gasteiger partial charge on any atom is 0.356 e. The first-order valence-corrected chi connectivity index (χ1v) is 11.2. The molecule has 0 saturated carbocycles. The molecule has 3 aromatic heterocycles. The minimum Gasteiger partial charge on any atom is -0.476 e. The van der Waals surface area contributed by atoms with E-state index in [2.05, 4.69) is 10.1 Å². The Bertz CT molecular complexity index is 1310. The van der Waals surface area contributed by atoms with Gasteiger partial charge in [0.15, 0.2) is 15.5 Å². The fourth-order valence-electron chi connectivity index (χ4n) is 2.85. The van der Waals surface area contributed by atoms with Crippen molar-refractivity contribution < 1.29 is 18.3 Å². The molecular formula is C20H15N3O4S2. The van der Waals surface area contributed by atoms with E-state index in [0.717, 1.165) is 15.3 Å². The summed E-state index contributed by atoms with van der Waals surface area (Å²) in [6.07, 6.45) is 4.39.